The van der Waals surface area contributed by atoms with E-state index in [2.05, 4.69) is 26.1 Å². The molecule has 0 spiro atoms. The smallest absolute Gasteiger partial charge is 0.272 e. The van der Waals surface area contributed by atoms with Crippen LogP contribution in [-0.2, 0) is 0 Å². The molecule has 0 aliphatic rings. The maximum atomic E-state index is 12.1. The van der Waals surface area contributed by atoms with E-state index in [-0.39, 0.29) is 15.6 Å². The molecular formula is C12H8Cl2N6O. The van der Waals surface area contributed by atoms with Gasteiger partial charge in [-0.2, -0.15) is 4.52 Å². The number of fused-ring (bicyclic) bond motifs is 1. The zero-order valence-electron chi connectivity index (χ0n) is 10.4. The standard InChI is InChI=1S/C12H8Cl2N6O/c13-7-2-1-3-8(14)11(7)12(21)18-16-9-4-5-10-17-15-6-20(10)19-9/h1-6H,(H,16,19)(H,18,21). The quantitative estimate of drug-likeness (QED) is 0.722. The number of hydrazine groups is 1. The molecular weight excluding hydrogens is 315 g/mol. The van der Waals surface area contributed by atoms with Gasteiger partial charge in [0, 0.05) is 0 Å². The van der Waals surface area contributed by atoms with Gasteiger partial charge in [0.05, 0.1) is 15.6 Å². The molecule has 3 rings (SSSR count). The number of benzene rings is 1. The first-order valence-corrected chi connectivity index (χ1v) is 6.58. The number of nitrogens with one attached hydrogen (secondary N) is 2. The molecule has 0 bridgehead atoms. The molecule has 0 aliphatic carbocycles. The summed E-state index contributed by atoms with van der Waals surface area (Å²) < 4.78 is 1.47. The Morgan fingerprint density at radius 1 is 1.14 bits per heavy atom. The Balaban J connectivity index is 1.76. The van der Waals surface area contributed by atoms with Crippen LogP contribution in [0.25, 0.3) is 5.65 Å². The zero-order chi connectivity index (χ0) is 14.8. The number of amides is 1. The summed E-state index contributed by atoms with van der Waals surface area (Å²) >= 11 is 11.9. The van der Waals surface area contributed by atoms with E-state index in [1.165, 1.54) is 10.8 Å². The molecule has 21 heavy (non-hydrogen) atoms. The molecule has 1 aromatic carbocycles. The Morgan fingerprint density at radius 2 is 1.90 bits per heavy atom. The minimum absolute atomic E-state index is 0.193. The van der Waals surface area contributed by atoms with Gasteiger partial charge < -0.3 is 0 Å². The van der Waals surface area contributed by atoms with Crippen LogP contribution in [0.1, 0.15) is 10.4 Å². The Kier molecular flexibility index (Phi) is 3.59. The lowest BCUT2D eigenvalue weighted by molar-refractivity contribution is 0.0962. The van der Waals surface area contributed by atoms with E-state index in [1.807, 2.05) is 0 Å². The first-order chi connectivity index (χ1) is 10.1. The third-order valence-corrected chi connectivity index (χ3v) is 3.29. The molecule has 0 saturated heterocycles. The molecule has 106 valence electrons. The van der Waals surface area contributed by atoms with Crippen LogP contribution in [-0.4, -0.2) is 25.7 Å². The lowest BCUT2D eigenvalue weighted by Gasteiger charge is -2.09. The van der Waals surface area contributed by atoms with Crippen LogP contribution in [0.5, 0.6) is 0 Å². The molecule has 0 unspecified atom stereocenters. The molecule has 3 aromatic rings. The van der Waals surface area contributed by atoms with Crippen molar-refractivity contribution in [2.45, 2.75) is 0 Å². The maximum Gasteiger partial charge on any atom is 0.272 e. The summed E-state index contributed by atoms with van der Waals surface area (Å²) in [6, 6.07) is 8.19. The van der Waals surface area contributed by atoms with Crippen molar-refractivity contribution in [1.29, 1.82) is 0 Å². The Labute approximate surface area is 128 Å². The van der Waals surface area contributed by atoms with Crippen LogP contribution < -0.4 is 10.9 Å². The molecule has 2 heterocycles. The van der Waals surface area contributed by atoms with Gasteiger partial charge in [-0.25, -0.2) is 0 Å². The van der Waals surface area contributed by atoms with Crippen LogP contribution in [0.4, 0.5) is 5.82 Å². The average Bonchev–Trinajstić information content (AvgIpc) is 2.92. The Bertz CT molecular complexity index is 798. The topological polar surface area (TPSA) is 84.2 Å². The summed E-state index contributed by atoms with van der Waals surface area (Å²) in [5.41, 5.74) is 5.95. The second-order valence-corrected chi connectivity index (χ2v) is 4.84. The highest BCUT2D eigenvalue weighted by Crippen LogP contribution is 2.23. The summed E-state index contributed by atoms with van der Waals surface area (Å²) in [7, 11) is 0. The molecule has 2 N–H and O–H groups in total. The molecule has 1 amide bonds. The van der Waals surface area contributed by atoms with Gasteiger partial charge >= 0.3 is 0 Å². The highest BCUT2D eigenvalue weighted by Gasteiger charge is 2.14. The summed E-state index contributed by atoms with van der Waals surface area (Å²) in [6.07, 6.45) is 1.45. The summed E-state index contributed by atoms with van der Waals surface area (Å²) in [5.74, 6) is -0.0462. The van der Waals surface area contributed by atoms with Crippen molar-refractivity contribution in [2.24, 2.45) is 0 Å². The minimum atomic E-state index is -0.462. The third-order valence-electron chi connectivity index (χ3n) is 2.66. The molecule has 0 aliphatic heterocycles. The normalized spacial score (nSPS) is 10.6. The second kappa shape index (κ2) is 5.55. The van der Waals surface area contributed by atoms with Gasteiger partial charge in [-0.05, 0) is 24.3 Å². The van der Waals surface area contributed by atoms with Gasteiger partial charge in [0.1, 0.15) is 6.33 Å². The van der Waals surface area contributed by atoms with E-state index in [0.29, 0.717) is 11.5 Å². The molecule has 0 radical (unpaired) electrons. The number of carbonyl (C=O) groups is 1. The van der Waals surface area contributed by atoms with Crippen molar-refractivity contribution in [2.75, 3.05) is 5.43 Å². The van der Waals surface area contributed by atoms with E-state index < -0.39 is 5.91 Å². The predicted octanol–water partition coefficient (Wildman–Crippen LogP) is 2.19. The fourth-order valence-electron chi connectivity index (χ4n) is 1.69. The van der Waals surface area contributed by atoms with E-state index in [0.717, 1.165) is 0 Å². The lowest BCUT2D eigenvalue weighted by atomic mass is 10.2. The van der Waals surface area contributed by atoms with Gasteiger partial charge in [0.15, 0.2) is 11.5 Å². The van der Waals surface area contributed by atoms with Crippen molar-refractivity contribution in [3.05, 3.63) is 52.3 Å². The number of rotatable bonds is 3. The first-order valence-electron chi connectivity index (χ1n) is 5.82. The second-order valence-electron chi connectivity index (χ2n) is 4.03. The highest BCUT2D eigenvalue weighted by atomic mass is 35.5. The molecule has 0 atom stereocenters. The molecule has 2 aromatic heterocycles. The summed E-state index contributed by atoms with van der Waals surface area (Å²) in [6.45, 7) is 0. The first kappa shape index (κ1) is 13.6. The highest BCUT2D eigenvalue weighted by molar-refractivity contribution is 6.39. The molecule has 7 nitrogen and oxygen atoms in total. The Hall–Kier alpha value is -2.38. The van der Waals surface area contributed by atoms with E-state index in [9.17, 15) is 4.79 Å². The Morgan fingerprint density at radius 3 is 2.67 bits per heavy atom. The largest absolute Gasteiger partial charge is 0.280 e. The number of aromatic nitrogens is 4. The number of hydrogen-bond donors (Lipinski definition) is 2. The maximum absolute atomic E-state index is 12.1. The molecule has 9 heteroatoms. The average molecular weight is 323 g/mol. The fourth-order valence-corrected chi connectivity index (χ4v) is 2.26. The van der Waals surface area contributed by atoms with Crippen LogP contribution in [0, 0.1) is 0 Å². The summed E-state index contributed by atoms with van der Waals surface area (Å²) in [5, 5.41) is 12.2. The van der Waals surface area contributed by atoms with E-state index >= 15 is 0 Å². The SMILES string of the molecule is O=C(NNc1ccc2nncn2n1)c1c(Cl)cccc1Cl. The number of hydrogen-bond acceptors (Lipinski definition) is 5. The lowest BCUT2D eigenvalue weighted by Crippen LogP contribution is -2.30. The van der Waals surface area contributed by atoms with Gasteiger partial charge in [0.2, 0.25) is 0 Å². The van der Waals surface area contributed by atoms with E-state index in [1.54, 1.807) is 30.3 Å². The predicted molar refractivity (Wildman–Crippen MR) is 78.3 cm³/mol. The van der Waals surface area contributed by atoms with Crippen LogP contribution in [0.2, 0.25) is 10.0 Å². The van der Waals surface area contributed by atoms with Crippen LogP contribution in [0.15, 0.2) is 36.7 Å². The molecule has 0 saturated carbocycles. The van der Waals surface area contributed by atoms with Gasteiger partial charge in [-0.15, -0.1) is 15.3 Å². The van der Waals surface area contributed by atoms with Gasteiger partial charge in [-0.1, -0.05) is 29.3 Å². The number of nitrogens with zero attached hydrogens (tertiary/aromatic N) is 4. The van der Waals surface area contributed by atoms with Crippen molar-refractivity contribution < 1.29 is 4.79 Å². The minimum Gasteiger partial charge on any atom is -0.280 e. The van der Waals surface area contributed by atoms with Crippen molar-refractivity contribution >= 4 is 40.6 Å². The monoisotopic (exact) mass is 322 g/mol. The number of carbonyl (C=O) groups excluding carboxylic acids is 1. The fraction of sp³-hybridized carbons (Fsp3) is 0. The number of halogens is 2. The van der Waals surface area contributed by atoms with Gasteiger partial charge in [-0.3, -0.25) is 15.6 Å². The van der Waals surface area contributed by atoms with Crippen molar-refractivity contribution in [3.63, 3.8) is 0 Å². The van der Waals surface area contributed by atoms with Crippen LogP contribution in [0.3, 0.4) is 0 Å². The van der Waals surface area contributed by atoms with Crippen LogP contribution >= 0.6 is 23.2 Å². The van der Waals surface area contributed by atoms with Gasteiger partial charge in [0.25, 0.3) is 5.91 Å². The van der Waals surface area contributed by atoms with E-state index in [4.69, 9.17) is 23.2 Å². The van der Waals surface area contributed by atoms with Crippen molar-refractivity contribution in [1.82, 2.24) is 25.2 Å². The van der Waals surface area contributed by atoms with Crippen molar-refractivity contribution in [3.8, 4) is 0 Å². The number of anilines is 1. The zero-order valence-corrected chi connectivity index (χ0v) is 11.9. The third kappa shape index (κ3) is 2.74. The summed E-state index contributed by atoms with van der Waals surface area (Å²) in [4.78, 5) is 12.1. The molecule has 0 fully saturated rings.